The molecular weight excluding hydrogens is 416 g/mol. The molecule has 3 nitrogen and oxygen atoms in total. The van der Waals surface area contributed by atoms with E-state index in [1.807, 2.05) is 24.3 Å². The number of likely N-dealkylation sites (tertiary alicyclic amines) is 1. The lowest BCUT2D eigenvalue weighted by atomic mass is 9.91. The summed E-state index contributed by atoms with van der Waals surface area (Å²) < 4.78 is 0. The summed E-state index contributed by atoms with van der Waals surface area (Å²) in [7, 11) is 0. The number of hydrogen-bond donors (Lipinski definition) is 1. The monoisotopic (exact) mass is 431 g/mol. The first-order chi connectivity index (χ1) is 12.4. The molecule has 1 saturated heterocycles. The molecule has 1 fully saturated rings. The number of carbonyl (C=O) groups is 1. The molecule has 1 unspecified atom stereocenters. The van der Waals surface area contributed by atoms with Crippen LogP contribution in [0.2, 0.25) is 20.1 Å². The number of carboxylic acids is 1. The van der Waals surface area contributed by atoms with Crippen LogP contribution in [0.15, 0.2) is 36.4 Å². The Labute approximate surface area is 172 Å². The Morgan fingerprint density at radius 2 is 1.69 bits per heavy atom. The highest BCUT2D eigenvalue weighted by Gasteiger charge is 2.31. The minimum absolute atomic E-state index is 0.175. The number of carboxylic acid groups (broad SMARTS) is 1. The maximum atomic E-state index is 11.3. The van der Waals surface area contributed by atoms with E-state index in [2.05, 4.69) is 4.90 Å². The fraction of sp³-hybridized carbons (Fsp3) is 0.316. The van der Waals surface area contributed by atoms with Crippen molar-refractivity contribution in [2.24, 2.45) is 5.92 Å². The van der Waals surface area contributed by atoms with Crippen LogP contribution >= 0.6 is 46.4 Å². The molecule has 0 spiro atoms. The summed E-state index contributed by atoms with van der Waals surface area (Å²) in [5, 5.41) is 11.2. The van der Waals surface area contributed by atoms with Gasteiger partial charge in [-0.05, 0) is 55.3 Å². The average molecular weight is 433 g/mol. The summed E-state index contributed by atoms with van der Waals surface area (Å²) in [6, 6.07) is 10.9. The zero-order valence-electron chi connectivity index (χ0n) is 13.8. The van der Waals surface area contributed by atoms with Crippen molar-refractivity contribution in [3.05, 3.63) is 67.6 Å². The molecule has 0 saturated carbocycles. The smallest absolute Gasteiger partial charge is 0.306 e. The molecule has 1 heterocycles. The summed E-state index contributed by atoms with van der Waals surface area (Å²) >= 11 is 25.0. The number of benzene rings is 2. The fourth-order valence-electron chi connectivity index (χ4n) is 3.41. The van der Waals surface area contributed by atoms with Crippen molar-refractivity contribution in [1.29, 1.82) is 0 Å². The first kappa shape index (κ1) is 19.8. The molecule has 2 aromatic carbocycles. The van der Waals surface area contributed by atoms with Gasteiger partial charge in [0.1, 0.15) is 0 Å². The Hall–Kier alpha value is -0.970. The van der Waals surface area contributed by atoms with Gasteiger partial charge in [0.15, 0.2) is 0 Å². The Balaban J connectivity index is 2.01. The molecule has 26 heavy (non-hydrogen) atoms. The van der Waals surface area contributed by atoms with Crippen molar-refractivity contribution in [2.75, 3.05) is 13.1 Å². The van der Waals surface area contributed by atoms with Crippen molar-refractivity contribution >= 4 is 52.4 Å². The number of halogens is 4. The predicted octanol–water partition coefficient (Wildman–Crippen LogP) is 6.19. The van der Waals surface area contributed by atoms with Crippen molar-refractivity contribution in [2.45, 2.75) is 18.9 Å². The second-order valence-electron chi connectivity index (χ2n) is 6.37. The zero-order chi connectivity index (χ0) is 18.8. The highest BCUT2D eigenvalue weighted by Crippen LogP contribution is 2.40. The molecule has 1 atom stereocenters. The number of nitrogens with zero attached hydrogens (tertiary/aromatic N) is 1. The van der Waals surface area contributed by atoms with Crippen LogP contribution in [0.3, 0.4) is 0 Å². The molecule has 3 rings (SSSR count). The molecule has 0 amide bonds. The van der Waals surface area contributed by atoms with Crippen LogP contribution in [0.1, 0.15) is 30.0 Å². The van der Waals surface area contributed by atoms with Crippen LogP contribution in [0.5, 0.6) is 0 Å². The van der Waals surface area contributed by atoms with Gasteiger partial charge in [-0.3, -0.25) is 9.69 Å². The maximum Gasteiger partial charge on any atom is 0.306 e. The quantitative estimate of drug-likeness (QED) is 0.626. The van der Waals surface area contributed by atoms with E-state index in [9.17, 15) is 9.90 Å². The molecule has 2 aromatic rings. The van der Waals surface area contributed by atoms with E-state index >= 15 is 0 Å². The van der Waals surface area contributed by atoms with Crippen LogP contribution < -0.4 is 0 Å². The number of piperidine rings is 1. The number of aliphatic carboxylic acids is 1. The first-order valence-corrected chi connectivity index (χ1v) is 9.75. The van der Waals surface area contributed by atoms with Gasteiger partial charge in [-0.15, -0.1) is 0 Å². The van der Waals surface area contributed by atoms with Crippen molar-refractivity contribution in [3.63, 3.8) is 0 Å². The third-order valence-corrected chi connectivity index (χ3v) is 6.35. The Kier molecular flexibility index (Phi) is 6.37. The predicted molar refractivity (Wildman–Crippen MR) is 107 cm³/mol. The summed E-state index contributed by atoms with van der Waals surface area (Å²) in [5.74, 6) is -1.05. The largest absolute Gasteiger partial charge is 0.481 e. The zero-order valence-corrected chi connectivity index (χ0v) is 16.8. The number of hydrogen-bond acceptors (Lipinski definition) is 2. The van der Waals surface area contributed by atoms with E-state index < -0.39 is 5.97 Å². The molecule has 0 aromatic heterocycles. The molecule has 1 aliphatic rings. The van der Waals surface area contributed by atoms with Crippen LogP contribution in [0, 0.1) is 5.92 Å². The highest BCUT2D eigenvalue weighted by molar-refractivity contribution is 6.42. The van der Waals surface area contributed by atoms with Crippen LogP contribution in [0.4, 0.5) is 0 Å². The Bertz CT molecular complexity index is 819. The van der Waals surface area contributed by atoms with Gasteiger partial charge in [-0.2, -0.15) is 0 Å². The minimum atomic E-state index is -0.739. The topological polar surface area (TPSA) is 40.5 Å². The SMILES string of the molecule is O=C(O)C1CCN(C(c2ccc(Cl)c(Cl)c2)c2cccc(Cl)c2Cl)CC1. The second kappa shape index (κ2) is 8.37. The summed E-state index contributed by atoms with van der Waals surface area (Å²) in [4.78, 5) is 13.5. The molecule has 1 aliphatic heterocycles. The molecule has 0 bridgehead atoms. The molecule has 138 valence electrons. The maximum absolute atomic E-state index is 11.3. The third-order valence-electron chi connectivity index (χ3n) is 4.78. The van der Waals surface area contributed by atoms with Gasteiger partial charge in [-0.1, -0.05) is 64.6 Å². The van der Waals surface area contributed by atoms with Gasteiger partial charge in [0.25, 0.3) is 0 Å². The van der Waals surface area contributed by atoms with E-state index in [4.69, 9.17) is 46.4 Å². The van der Waals surface area contributed by atoms with Gasteiger partial charge in [0, 0.05) is 0 Å². The summed E-state index contributed by atoms with van der Waals surface area (Å²) in [5.41, 5.74) is 1.81. The summed E-state index contributed by atoms with van der Waals surface area (Å²) in [6.45, 7) is 1.29. The molecule has 1 N–H and O–H groups in total. The second-order valence-corrected chi connectivity index (χ2v) is 7.97. The lowest BCUT2D eigenvalue weighted by molar-refractivity contribution is -0.143. The van der Waals surface area contributed by atoms with E-state index in [-0.39, 0.29) is 12.0 Å². The van der Waals surface area contributed by atoms with E-state index in [1.165, 1.54) is 0 Å². The summed E-state index contributed by atoms with van der Waals surface area (Å²) in [6.07, 6.45) is 1.18. The normalized spacial score (nSPS) is 17.2. The van der Waals surface area contributed by atoms with Crippen LogP contribution in [-0.4, -0.2) is 29.1 Å². The van der Waals surface area contributed by atoms with Gasteiger partial charge in [-0.25, -0.2) is 0 Å². The molecule has 0 aliphatic carbocycles. The average Bonchev–Trinajstić information content (AvgIpc) is 2.62. The van der Waals surface area contributed by atoms with Gasteiger partial charge >= 0.3 is 5.97 Å². The van der Waals surface area contributed by atoms with Gasteiger partial charge in [0.2, 0.25) is 0 Å². The lowest BCUT2D eigenvalue weighted by Crippen LogP contribution is -2.39. The van der Waals surface area contributed by atoms with E-state index in [0.717, 1.165) is 11.1 Å². The Morgan fingerprint density at radius 1 is 1.00 bits per heavy atom. The van der Waals surface area contributed by atoms with Crippen molar-refractivity contribution < 1.29 is 9.90 Å². The first-order valence-electron chi connectivity index (χ1n) is 8.24. The van der Waals surface area contributed by atoms with E-state index in [1.54, 1.807) is 12.1 Å². The standard InChI is InChI=1S/C19H17Cl4NO2/c20-14-5-4-12(10-16(14)22)18(13-2-1-3-15(21)17(13)23)24-8-6-11(7-9-24)19(25)26/h1-5,10-11,18H,6-9H2,(H,25,26). The Morgan fingerprint density at radius 3 is 2.31 bits per heavy atom. The minimum Gasteiger partial charge on any atom is -0.481 e. The van der Waals surface area contributed by atoms with Crippen molar-refractivity contribution in [1.82, 2.24) is 4.90 Å². The van der Waals surface area contributed by atoms with Crippen LogP contribution in [-0.2, 0) is 4.79 Å². The lowest BCUT2D eigenvalue weighted by Gasteiger charge is -2.37. The third kappa shape index (κ3) is 4.13. The highest BCUT2D eigenvalue weighted by atomic mass is 35.5. The van der Waals surface area contributed by atoms with Crippen LogP contribution in [0.25, 0.3) is 0 Å². The molecule has 0 radical (unpaired) electrons. The number of rotatable bonds is 4. The molecule has 7 heteroatoms. The van der Waals surface area contributed by atoms with Gasteiger partial charge < -0.3 is 5.11 Å². The fourth-order valence-corrected chi connectivity index (χ4v) is 4.12. The van der Waals surface area contributed by atoms with Gasteiger partial charge in [0.05, 0.1) is 32.1 Å². The molecular formula is C19H17Cl4NO2. The van der Waals surface area contributed by atoms with Crippen molar-refractivity contribution in [3.8, 4) is 0 Å². The van der Waals surface area contributed by atoms with E-state index in [0.29, 0.717) is 46.0 Å².